The van der Waals surface area contributed by atoms with Gasteiger partial charge in [0.25, 0.3) is 0 Å². The third kappa shape index (κ3) is 5.71. The molecule has 2 N–H and O–H groups in total. The summed E-state index contributed by atoms with van der Waals surface area (Å²) in [5, 5.41) is 9.11. The summed E-state index contributed by atoms with van der Waals surface area (Å²) in [5.74, 6) is 1.44. The maximum atomic E-state index is 11.0. The molecule has 6 nitrogen and oxygen atoms in total. The molecule has 7 heteroatoms. The molecule has 2 aromatic carbocycles. The maximum absolute atomic E-state index is 11.0. The Kier molecular flexibility index (Phi) is 7.08. The molecule has 0 atom stereocenters. The van der Waals surface area contributed by atoms with E-state index in [1.165, 1.54) is 12.5 Å². The number of carbonyl (C=O) groups excluding carboxylic acids is 1. The van der Waals surface area contributed by atoms with Gasteiger partial charge in [-0.1, -0.05) is 30.3 Å². The van der Waals surface area contributed by atoms with Crippen LogP contribution in [0.1, 0.15) is 18.1 Å². The Balaban J connectivity index is 1.54. The molecule has 0 saturated heterocycles. The standard InChI is InChI=1S/C22H25N3O3S/c1-15(26)24-13-17-4-7-18(8-5-17)19-14-29-22(25-19)23-11-10-16-6-9-20(27-2)21(12-16)28-3/h4-9,12,14H,10-11,13H2,1-3H3,(H,23,25)(H,24,26). The van der Waals surface area contributed by atoms with Crippen LogP contribution in [0.4, 0.5) is 5.13 Å². The Morgan fingerprint density at radius 2 is 1.76 bits per heavy atom. The van der Waals surface area contributed by atoms with Crippen LogP contribution in [0, 0.1) is 0 Å². The zero-order chi connectivity index (χ0) is 20.6. The Labute approximate surface area is 174 Å². The zero-order valence-corrected chi connectivity index (χ0v) is 17.6. The monoisotopic (exact) mass is 411 g/mol. The molecule has 0 aliphatic carbocycles. The van der Waals surface area contributed by atoms with Gasteiger partial charge in [0.05, 0.1) is 19.9 Å². The van der Waals surface area contributed by atoms with E-state index < -0.39 is 0 Å². The van der Waals surface area contributed by atoms with E-state index in [1.807, 2.05) is 47.8 Å². The molecule has 1 heterocycles. The van der Waals surface area contributed by atoms with Crippen molar-refractivity contribution in [2.75, 3.05) is 26.1 Å². The fourth-order valence-corrected chi connectivity index (χ4v) is 3.61. The van der Waals surface area contributed by atoms with E-state index in [1.54, 1.807) is 25.6 Å². The first kappa shape index (κ1) is 20.7. The number of ether oxygens (including phenoxy) is 2. The summed E-state index contributed by atoms with van der Waals surface area (Å²) in [4.78, 5) is 15.7. The lowest BCUT2D eigenvalue weighted by Gasteiger charge is -2.09. The van der Waals surface area contributed by atoms with Crippen molar-refractivity contribution in [3.05, 3.63) is 59.0 Å². The van der Waals surface area contributed by atoms with Gasteiger partial charge in [0, 0.05) is 31.0 Å². The highest BCUT2D eigenvalue weighted by Gasteiger charge is 2.07. The van der Waals surface area contributed by atoms with Crippen molar-refractivity contribution >= 4 is 22.4 Å². The van der Waals surface area contributed by atoms with Crippen molar-refractivity contribution < 1.29 is 14.3 Å². The lowest BCUT2D eigenvalue weighted by molar-refractivity contribution is -0.119. The number of amides is 1. The van der Waals surface area contributed by atoms with Crippen LogP contribution in [0.3, 0.4) is 0 Å². The highest BCUT2D eigenvalue weighted by atomic mass is 32.1. The van der Waals surface area contributed by atoms with Crippen LogP contribution in [0.25, 0.3) is 11.3 Å². The minimum Gasteiger partial charge on any atom is -0.493 e. The van der Waals surface area contributed by atoms with Gasteiger partial charge in [0.15, 0.2) is 16.6 Å². The summed E-state index contributed by atoms with van der Waals surface area (Å²) < 4.78 is 10.6. The Hall–Kier alpha value is -3.06. The van der Waals surface area contributed by atoms with Gasteiger partial charge in [-0.2, -0.15) is 0 Å². The van der Waals surface area contributed by atoms with E-state index in [9.17, 15) is 4.79 Å². The molecular formula is C22H25N3O3S. The van der Waals surface area contributed by atoms with Gasteiger partial charge in [0.2, 0.25) is 5.91 Å². The molecule has 0 radical (unpaired) electrons. The highest BCUT2D eigenvalue weighted by molar-refractivity contribution is 7.14. The number of carbonyl (C=O) groups is 1. The van der Waals surface area contributed by atoms with E-state index in [0.29, 0.717) is 6.54 Å². The van der Waals surface area contributed by atoms with Crippen molar-refractivity contribution in [3.63, 3.8) is 0 Å². The number of rotatable bonds is 9. The fourth-order valence-electron chi connectivity index (χ4n) is 2.86. The first-order valence-corrected chi connectivity index (χ1v) is 10.2. The lowest BCUT2D eigenvalue weighted by atomic mass is 10.1. The third-order valence-corrected chi connectivity index (χ3v) is 5.23. The molecule has 0 unspecified atom stereocenters. The minimum absolute atomic E-state index is 0.0302. The van der Waals surface area contributed by atoms with Crippen molar-refractivity contribution in [1.29, 1.82) is 0 Å². The lowest BCUT2D eigenvalue weighted by Crippen LogP contribution is -2.18. The van der Waals surface area contributed by atoms with Crippen LogP contribution in [0.15, 0.2) is 47.8 Å². The number of methoxy groups -OCH3 is 2. The summed E-state index contributed by atoms with van der Waals surface area (Å²) in [7, 11) is 3.28. The smallest absolute Gasteiger partial charge is 0.217 e. The van der Waals surface area contributed by atoms with E-state index in [-0.39, 0.29) is 5.91 Å². The molecule has 29 heavy (non-hydrogen) atoms. The summed E-state index contributed by atoms with van der Waals surface area (Å²) in [6.07, 6.45) is 0.854. The minimum atomic E-state index is -0.0302. The molecule has 1 aromatic heterocycles. The number of hydrogen-bond donors (Lipinski definition) is 2. The number of anilines is 1. The van der Waals surface area contributed by atoms with Gasteiger partial charge >= 0.3 is 0 Å². The van der Waals surface area contributed by atoms with Crippen LogP contribution < -0.4 is 20.1 Å². The topological polar surface area (TPSA) is 72.5 Å². The van der Waals surface area contributed by atoms with E-state index >= 15 is 0 Å². The number of benzene rings is 2. The SMILES string of the molecule is COc1ccc(CCNc2nc(-c3ccc(CNC(C)=O)cc3)cs2)cc1OC. The molecule has 3 rings (SSSR count). The highest BCUT2D eigenvalue weighted by Crippen LogP contribution is 2.28. The second kappa shape index (κ2) is 9.93. The molecule has 0 saturated carbocycles. The Morgan fingerprint density at radius 3 is 2.45 bits per heavy atom. The van der Waals surface area contributed by atoms with Crippen LogP contribution in [0.2, 0.25) is 0 Å². The average Bonchev–Trinajstić information content (AvgIpc) is 3.21. The number of nitrogens with one attached hydrogen (secondary N) is 2. The molecule has 0 aliphatic rings. The predicted molar refractivity (Wildman–Crippen MR) is 117 cm³/mol. The number of hydrogen-bond acceptors (Lipinski definition) is 6. The van der Waals surface area contributed by atoms with Crippen molar-refractivity contribution in [2.24, 2.45) is 0 Å². The largest absolute Gasteiger partial charge is 0.493 e. The second-order valence-electron chi connectivity index (χ2n) is 6.51. The summed E-state index contributed by atoms with van der Waals surface area (Å²) >= 11 is 1.59. The van der Waals surface area contributed by atoms with E-state index in [0.717, 1.165) is 46.4 Å². The maximum Gasteiger partial charge on any atom is 0.217 e. The van der Waals surface area contributed by atoms with Crippen LogP contribution in [-0.2, 0) is 17.8 Å². The third-order valence-electron chi connectivity index (χ3n) is 4.43. The van der Waals surface area contributed by atoms with E-state index in [4.69, 9.17) is 9.47 Å². The molecule has 0 fully saturated rings. The molecule has 0 bridgehead atoms. The van der Waals surface area contributed by atoms with Crippen LogP contribution >= 0.6 is 11.3 Å². The van der Waals surface area contributed by atoms with E-state index in [2.05, 4.69) is 15.6 Å². The first-order chi connectivity index (χ1) is 14.1. The quantitative estimate of drug-likeness (QED) is 0.554. The molecule has 1 amide bonds. The van der Waals surface area contributed by atoms with Gasteiger partial charge in [-0.15, -0.1) is 11.3 Å². The van der Waals surface area contributed by atoms with Gasteiger partial charge in [0.1, 0.15) is 0 Å². The summed E-state index contributed by atoms with van der Waals surface area (Å²) in [5.41, 5.74) is 4.23. The Bertz CT molecular complexity index is 954. The molecule has 3 aromatic rings. The fraction of sp³-hybridized carbons (Fsp3) is 0.273. The predicted octanol–water partition coefficient (Wildman–Crippen LogP) is 4.12. The first-order valence-electron chi connectivity index (χ1n) is 9.33. The number of aromatic nitrogens is 1. The number of thiazole rings is 1. The van der Waals surface area contributed by atoms with Crippen LogP contribution in [0.5, 0.6) is 11.5 Å². The second-order valence-corrected chi connectivity index (χ2v) is 7.37. The van der Waals surface area contributed by atoms with Crippen molar-refractivity contribution in [1.82, 2.24) is 10.3 Å². The van der Waals surface area contributed by atoms with Crippen molar-refractivity contribution in [2.45, 2.75) is 19.9 Å². The van der Waals surface area contributed by atoms with Gasteiger partial charge in [-0.3, -0.25) is 4.79 Å². The summed E-state index contributed by atoms with van der Waals surface area (Å²) in [6, 6.07) is 14.0. The van der Waals surface area contributed by atoms with Crippen LogP contribution in [-0.4, -0.2) is 31.7 Å². The molecule has 0 aliphatic heterocycles. The normalized spacial score (nSPS) is 10.4. The molecule has 152 valence electrons. The molecular weight excluding hydrogens is 386 g/mol. The molecule has 0 spiro atoms. The Morgan fingerprint density at radius 1 is 1.03 bits per heavy atom. The van der Waals surface area contributed by atoms with Gasteiger partial charge < -0.3 is 20.1 Å². The average molecular weight is 412 g/mol. The summed E-state index contributed by atoms with van der Waals surface area (Å²) in [6.45, 7) is 2.83. The van der Waals surface area contributed by atoms with Crippen molar-refractivity contribution in [3.8, 4) is 22.8 Å². The zero-order valence-electron chi connectivity index (χ0n) is 16.8. The van der Waals surface area contributed by atoms with Gasteiger partial charge in [-0.05, 0) is 29.7 Å². The van der Waals surface area contributed by atoms with Gasteiger partial charge in [-0.25, -0.2) is 4.98 Å². The number of nitrogens with zero attached hydrogens (tertiary/aromatic N) is 1.